The van der Waals surface area contributed by atoms with Gasteiger partial charge in [-0.3, -0.25) is 14.4 Å². The molecule has 0 spiro atoms. The van der Waals surface area contributed by atoms with Gasteiger partial charge in [0.1, 0.15) is 25.0 Å². The third-order valence-electron chi connectivity index (χ3n) is 6.72. The Labute approximate surface area is 285 Å². The van der Waals surface area contributed by atoms with Gasteiger partial charge in [-0.1, -0.05) is 26.0 Å². The normalized spacial score (nSPS) is 12.1. The molecular weight excluding hydrogens is 666 g/mol. The van der Waals surface area contributed by atoms with Gasteiger partial charge in [0, 0.05) is 25.2 Å². The highest BCUT2D eigenvalue weighted by atomic mass is 32.2. The molecule has 0 saturated carbocycles. The van der Waals surface area contributed by atoms with E-state index in [2.05, 4.69) is 15.4 Å². The summed E-state index contributed by atoms with van der Waals surface area (Å²) in [6.07, 6.45) is 0. The van der Waals surface area contributed by atoms with Gasteiger partial charge in [-0.15, -0.1) is 0 Å². The fourth-order valence-electron chi connectivity index (χ4n) is 4.32. The molecule has 16 nitrogen and oxygen atoms in total. The maximum atomic E-state index is 13.6. The summed E-state index contributed by atoms with van der Waals surface area (Å²) in [6.45, 7) is 4.34. The van der Waals surface area contributed by atoms with Gasteiger partial charge in [0.2, 0.25) is 15.9 Å². The minimum Gasteiger partial charge on any atom is -0.497 e. The number of ether oxygens (including phenoxy) is 5. The molecular formula is C32H45N3O13S. The van der Waals surface area contributed by atoms with E-state index in [1.165, 1.54) is 43.5 Å². The van der Waals surface area contributed by atoms with Crippen molar-refractivity contribution in [3.63, 3.8) is 0 Å². The van der Waals surface area contributed by atoms with E-state index in [0.29, 0.717) is 43.3 Å². The van der Waals surface area contributed by atoms with Crippen molar-refractivity contribution in [2.75, 3.05) is 73.1 Å². The average Bonchev–Trinajstić information content (AvgIpc) is 3.06. The SMILES string of the molecule is COc1ccc(S(=O)(=O)N(Cc2ccc(C(=O)NCCOCCOCCOCCNC(=O)COCC(=O)O)cc2)C(C(=O)O)C(C)C)cc1. The van der Waals surface area contributed by atoms with Crippen molar-refractivity contribution in [1.82, 2.24) is 14.9 Å². The van der Waals surface area contributed by atoms with E-state index in [1.54, 1.807) is 26.0 Å². The van der Waals surface area contributed by atoms with Crippen LogP contribution in [0.25, 0.3) is 0 Å². The monoisotopic (exact) mass is 711 g/mol. The Morgan fingerprint density at radius 1 is 0.755 bits per heavy atom. The van der Waals surface area contributed by atoms with E-state index < -0.39 is 46.4 Å². The van der Waals surface area contributed by atoms with Gasteiger partial charge in [0.15, 0.2) is 0 Å². The third-order valence-corrected chi connectivity index (χ3v) is 8.56. The van der Waals surface area contributed by atoms with Crippen LogP contribution in [0.15, 0.2) is 53.4 Å². The van der Waals surface area contributed by atoms with Crippen LogP contribution in [0.3, 0.4) is 0 Å². The summed E-state index contributed by atoms with van der Waals surface area (Å²) in [7, 11) is -2.76. The number of nitrogens with zero attached hydrogens (tertiary/aromatic N) is 1. The zero-order valence-electron chi connectivity index (χ0n) is 27.8. The lowest BCUT2D eigenvalue weighted by molar-refractivity contribution is -0.144. The number of carbonyl (C=O) groups excluding carboxylic acids is 2. The van der Waals surface area contributed by atoms with Crippen LogP contribution >= 0.6 is 0 Å². The highest BCUT2D eigenvalue weighted by molar-refractivity contribution is 7.89. The van der Waals surface area contributed by atoms with E-state index in [9.17, 15) is 32.7 Å². The molecule has 2 rings (SSSR count). The zero-order chi connectivity index (χ0) is 36.2. The number of benzene rings is 2. The number of sulfonamides is 1. The van der Waals surface area contributed by atoms with Crippen LogP contribution < -0.4 is 15.4 Å². The molecule has 0 bridgehead atoms. The molecule has 0 fully saturated rings. The number of carboxylic acid groups (broad SMARTS) is 2. The highest BCUT2D eigenvalue weighted by Gasteiger charge is 2.38. The number of hydrogen-bond donors (Lipinski definition) is 4. The summed E-state index contributed by atoms with van der Waals surface area (Å²) in [4.78, 5) is 46.4. The first-order chi connectivity index (χ1) is 23.4. The van der Waals surface area contributed by atoms with Crippen LogP contribution in [0.4, 0.5) is 0 Å². The Balaban J connectivity index is 1.72. The Kier molecular flexibility index (Phi) is 18.2. The Morgan fingerprint density at radius 3 is 1.82 bits per heavy atom. The molecule has 272 valence electrons. The number of aliphatic carboxylic acids is 2. The molecule has 49 heavy (non-hydrogen) atoms. The predicted octanol–water partition coefficient (Wildman–Crippen LogP) is 0.992. The topological polar surface area (TPSA) is 216 Å². The van der Waals surface area contributed by atoms with Crippen molar-refractivity contribution in [3.8, 4) is 5.75 Å². The van der Waals surface area contributed by atoms with Crippen molar-refractivity contribution in [2.45, 2.75) is 31.3 Å². The molecule has 0 saturated heterocycles. The smallest absolute Gasteiger partial charge is 0.329 e. The second-order valence-corrected chi connectivity index (χ2v) is 12.7. The number of nitrogens with one attached hydrogen (secondary N) is 2. The van der Waals surface area contributed by atoms with Crippen LogP contribution in [-0.4, -0.2) is 126 Å². The molecule has 4 N–H and O–H groups in total. The predicted molar refractivity (Wildman–Crippen MR) is 175 cm³/mol. The molecule has 2 aromatic carbocycles. The maximum Gasteiger partial charge on any atom is 0.329 e. The molecule has 0 heterocycles. The summed E-state index contributed by atoms with van der Waals surface area (Å²) in [5.74, 6) is -3.30. The Hall–Kier alpha value is -4.13. The average molecular weight is 712 g/mol. The lowest BCUT2D eigenvalue weighted by atomic mass is 10.0. The second kappa shape index (κ2) is 21.8. The van der Waals surface area contributed by atoms with Crippen molar-refractivity contribution in [2.24, 2.45) is 5.92 Å². The lowest BCUT2D eigenvalue weighted by Gasteiger charge is -2.30. The lowest BCUT2D eigenvalue weighted by Crippen LogP contribution is -2.47. The van der Waals surface area contributed by atoms with Crippen LogP contribution in [0.1, 0.15) is 29.8 Å². The van der Waals surface area contributed by atoms with Gasteiger partial charge < -0.3 is 44.5 Å². The number of methoxy groups -OCH3 is 1. The van der Waals surface area contributed by atoms with Gasteiger partial charge in [-0.05, 0) is 47.9 Å². The number of amides is 2. The molecule has 1 unspecified atom stereocenters. The molecule has 2 aromatic rings. The van der Waals surface area contributed by atoms with Crippen molar-refractivity contribution >= 4 is 33.8 Å². The van der Waals surface area contributed by atoms with E-state index in [-0.39, 0.29) is 50.3 Å². The number of carbonyl (C=O) groups is 4. The molecule has 0 aromatic heterocycles. The largest absolute Gasteiger partial charge is 0.497 e. The molecule has 1 atom stereocenters. The summed E-state index contributed by atoms with van der Waals surface area (Å²) >= 11 is 0. The van der Waals surface area contributed by atoms with Gasteiger partial charge in [0.05, 0.1) is 51.6 Å². The van der Waals surface area contributed by atoms with Crippen LogP contribution in [0.5, 0.6) is 5.75 Å². The minimum atomic E-state index is -4.22. The standard InChI is InChI=1S/C32H45N3O13S/c1-23(2)30(32(40)41)35(49(42,43)27-10-8-26(44-3)9-11-27)20-24-4-6-25(7-5-24)31(39)34-13-15-46-17-19-47-18-16-45-14-12-33-28(36)21-48-22-29(37)38/h4-11,23,30H,12-22H2,1-3H3,(H,33,36)(H,34,39)(H,37,38)(H,40,41). The van der Waals surface area contributed by atoms with Gasteiger partial charge >= 0.3 is 11.9 Å². The zero-order valence-corrected chi connectivity index (χ0v) is 28.6. The fourth-order valence-corrected chi connectivity index (χ4v) is 6.03. The summed E-state index contributed by atoms with van der Waals surface area (Å²) < 4.78 is 54.1. The third kappa shape index (κ3) is 14.9. The van der Waals surface area contributed by atoms with Crippen LogP contribution in [0, 0.1) is 5.92 Å². The summed E-state index contributed by atoms with van der Waals surface area (Å²) in [6, 6.07) is 10.6. The van der Waals surface area contributed by atoms with Gasteiger partial charge in [0.25, 0.3) is 5.91 Å². The first-order valence-corrected chi connectivity index (χ1v) is 16.9. The first kappa shape index (κ1) is 41.0. The number of rotatable bonds is 25. The molecule has 17 heteroatoms. The molecule has 0 aliphatic heterocycles. The maximum absolute atomic E-state index is 13.6. The fraction of sp³-hybridized carbons (Fsp3) is 0.500. The first-order valence-electron chi connectivity index (χ1n) is 15.4. The highest BCUT2D eigenvalue weighted by Crippen LogP contribution is 2.26. The number of hydrogen-bond acceptors (Lipinski definition) is 11. The van der Waals surface area contributed by atoms with E-state index in [0.717, 1.165) is 4.31 Å². The Morgan fingerprint density at radius 2 is 1.31 bits per heavy atom. The minimum absolute atomic E-state index is 0.0704. The quantitative estimate of drug-likeness (QED) is 0.106. The molecule has 0 radical (unpaired) electrons. The molecule has 0 aliphatic carbocycles. The molecule has 2 amide bonds. The van der Waals surface area contributed by atoms with Crippen molar-refractivity contribution in [3.05, 3.63) is 59.7 Å². The van der Waals surface area contributed by atoms with Gasteiger partial charge in [-0.2, -0.15) is 4.31 Å². The van der Waals surface area contributed by atoms with Gasteiger partial charge in [-0.25, -0.2) is 13.2 Å². The Bertz CT molecular complexity index is 1440. The van der Waals surface area contributed by atoms with E-state index in [1.807, 2.05) is 0 Å². The van der Waals surface area contributed by atoms with E-state index >= 15 is 0 Å². The van der Waals surface area contributed by atoms with Crippen LogP contribution in [0.2, 0.25) is 0 Å². The number of carboxylic acids is 2. The van der Waals surface area contributed by atoms with Crippen molar-refractivity contribution < 1.29 is 61.5 Å². The summed E-state index contributed by atoms with van der Waals surface area (Å²) in [5.41, 5.74) is 0.836. The van der Waals surface area contributed by atoms with Crippen LogP contribution in [-0.2, 0) is 49.9 Å². The van der Waals surface area contributed by atoms with Crippen molar-refractivity contribution in [1.29, 1.82) is 0 Å². The molecule has 0 aliphatic rings. The van der Waals surface area contributed by atoms with E-state index in [4.69, 9.17) is 24.1 Å². The summed E-state index contributed by atoms with van der Waals surface area (Å²) in [5, 5.41) is 23.6. The second-order valence-electron chi connectivity index (χ2n) is 10.8.